The third-order valence-electron chi connectivity index (χ3n) is 6.16. The SMILES string of the molecule is CCC(O)(CC)c1cnc2n1C[C@H](c1cccc(F)c1F)CC[C@H]2NC(=O)OC(C)(C)C. The Hall–Kier alpha value is -2.48. The quantitative estimate of drug-likeness (QED) is 0.648. The summed E-state index contributed by atoms with van der Waals surface area (Å²) in [6.07, 6.45) is 2.95. The van der Waals surface area contributed by atoms with E-state index in [4.69, 9.17) is 4.74 Å². The highest BCUT2D eigenvalue weighted by Crippen LogP contribution is 2.38. The highest BCUT2D eigenvalue weighted by molar-refractivity contribution is 5.68. The second kappa shape index (κ2) is 9.17. The van der Waals surface area contributed by atoms with Gasteiger partial charge in [-0.25, -0.2) is 18.6 Å². The van der Waals surface area contributed by atoms with Crippen molar-refractivity contribution in [1.82, 2.24) is 14.9 Å². The monoisotopic (exact) mass is 449 g/mol. The van der Waals surface area contributed by atoms with Crippen molar-refractivity contribution in [3.05, 3.63) is 53.1 Å². The number of benzene rings is 1. The van der Waals surface area contributed by atoms with E-state index in [-0.39, 0.29) is 11.5 Å². The number of amides is 1. The van der Waals surface area contributed by atoms with Gasteiger partial charge in [0.1, 0.15) is 17.0 Å². The maximum absolute atomic E-state index is 14.6. The molecule has 176 valence electrons. The summed E-state index contributed by atoms with van der Waals surface area (Å²) < 4.78 is 35.9. The molecule has 3 rings (SSSR count). The van der Waals surface area contributed by atoms with Crippen molar-refractivity contribution in [3.8, 4) is 0 Å². The number of fused-ring (bicyclic) bond motifs is 1. The van der Waals surface area contributed by atoms with E-state index in [0.29, 0.717) is 43.7 Å². The van der Waals surface area contributed by atoms with Crippen LogP contribution < -0.4 is 5.32 Å². The molecule has 0 saturated heterocycles. The second-order valence-corrected chi connectivity index (χ2v) is 9.47. The van der Waals surface area contributed by atoms with Gasteiger partial charge in [-0.1, -0.05) is 26.0 Å². The standard InChI is InChI=1S/C24H33F2N3O3/c1-6-24(31,7-2)19-13-27-21-18(28-22(30)32-23(3,4)5)12-11-15(14-29(19)21)16-9-8-10-17(25)20(16)26/h8-10,13,15,18,31H,6-7,11-12,14H2,1-5H3,(H,28,30)/t15-,18-/m1/s1. The third kappa shape index (κ3) is 4.95. The van der Waals surface area contributed by atoms with Crippen molar-refractivity contribution in [2.75, 3.05) is 0 Å². The molecule has 1 aromatic carbocycles. The predicted octanol–water partition coefficient (Wildman–Crippen LogP) is 5.31. The largest absolute Gasteiger partial charge is 0.444 e. The van der Waals surface area contributed by atoms with Crippen LogP contribution >= 0.6 is 0 Å². The number of ether oxygens (including phenoxy) is 1. The van der Waals surface area contributed by atoms with Crippen molar-refractivity contribution in [1.29, 1.82) is 0 Å². The summed E-state index contributed by atoms with van der Waals surface area (Å²) in [6, 6.07) is 3.70. The van der Waals surface area contributed by atoms with Crippen LogP contribution in [0.5, 0.6) is 0 Å². The minimum atomic E-state index is -1.11. The summed E-state index contributed by atoms with van der Waals surface area (Å²) in [7, 11) is 0. The first-order chi connectivity index (χ1) is 15.0. The smallest absolute Gasteiger partial charge is 0.408 e. The molecule has 0 radical (unpaired) electrons. The average Bonchev–Trinajstić information content (AvgIpc) is 3.06. The highest BCUT2D eigenvalue weighted by Gasteiger charge is 2.36. The van der Waals surface area contributed by atoms with Crippen LogP contribution in [-0.2, 0) is 16.9 Å². The first-order valence-electron chi connectivity index (χ1n) is 11.2. The molecule has 6 nitrogen and oxygen atoms in total. The lowest BCUT2D eigenvalue weighted by Crippen LogP contribution is -2.36. The molecule has 2 aromatic rings. The molecular weight excluding hydrogens is 416 g/mol. The minimum absolute atomic E-state index is 0.282. The normalized spacial score (nSPS) is 19.2. The van der Waals surface area contributed by atoms with Gasteiger partial charge in [-0.15, -0.1) is 0 Å². The summed E-state index contributed by atoms with van der Waals surface area (Å²) >= 11 is 0. The number of rotatable bonds is 5. The lowest BCUT2D eigenvalue weighted by molar-refractivity contribution is 0.0199. The number of alkyl carbamates (subject to hydrolysis) is 1. The molecule has 0 spiro atoms. The predicted molar refractivity (Wildman–Crippen MR) is 117 cm³/mol. The number of nitrogens with zero attached hydrogens (tertiary/aromatic N) is 2. The number of hydrogen-bond donors (Lipinski definition) is 2. The van der Waals surface area contributed by atoms with Crippen LogP contribution in [0.15, 0.2) is 24.4 Å². The van der Waals surface area contributed by atoms with Crippen LogP contribution in [0.2, 0.25) is 0 Å². The van der Waals surface area contributed by atoms with E-state index in [0.717, 1.165) is 6.07 Å². The third-order valence-corrected chi connectivity index (χ3v) is 6.16. The molecule has 0 fully saturated rings. The molecule has 1 aliphatic heterocycles. The van der Waals surface area contributed by atoms with Gasteiger partial charge in [-0.3, -0.25) is 0 Å². The summed E-state index contributed by atoms with van der Waals surface area (Å²) in [5, 5.41) is 14.1. The fourth-order valence-corrected chi connectivity index (χ4v) is 4.33. The topological polar surface area (TPSA) is 76.4 Å². The number of halogens is 2. The Morgan fingerprint density at radius 2 is 1.94 bits per heavy atom. The molecule has 32 heavy (non-hydrogen) atoms. The van der Waals surface area contributed by atoms with E-state index in [2.05, 4.69) is 10.3 Å². The first kappa shape index (κ1) is 24.2. The minimum Gasteiger partial charge on any atom is -0.444 e. The molecule has 2 N–H and O–H groups in total. The number of carbonyl (C=O) groups excluding carboxylic acids is 1. The van der Waals surface area contributed by atoms with Gasteiger partial charge in [0.25, 0.3) is 0 Å². The summed E-state index contributed by atoms with van der Waals surface area (Å²) in [4.78, 5) is 17.0. The lowest BCUT2D eigenvalue weighted by Gasteiger charge is -2.28. The molecule has 1 aliphatic rings. The van der Waals surface area contributed by atoms with E-state index in [9.17, 15) is 18.7 Å². The Balaban J connectivity index is 2.03. The Morgan fingerprint density at radius 3 is 2.56 bits per heavy atom. The molecular formula is C24H33F2N3O3. The van der Waals surface area contributed by atoms with Gasteiger partial charge in [0.2, 0.25) is 0 Å². The first-order valence-corrected chi connectivity index (χ1v) is 11.2. The molecule has 8 heteroatoms. The van der Waals surface area contributed by atoms with Crippen molar-refractivity contribution in [3.63, 3.8) is 0 Å². The summed E-state index contributed by atoms with van der Waals surface area (Å²) in [5.41, 5.74) is -0.882. The lowest BCUT2D eigenvalue weighted by atomic mass is 9.91. The summed E-state index contributed by atoms with van der Waals surface area (Å²) in [5.74, 6) is -1.52. The molecule has 2 heterocycles. The van der Waals surface area contributed by atoms with Crippen LogP contribution in [-0.4, -0.2) is 26.4 Å². The van der Waals surface area contributed by atoms with E-state index >= 15 is 0 Å². The molecule has 0 unspecified atom stereocenters. The van der Waals surface area contributed by atoms with Crippen LogP contribution in [0.1, 0.15) is 89.3 Å². The maximum Gasteiger partial charge on any atom is 0.408 e. The van der Waals surface area contributed by atoms with Crippen LogP contribution in [0.3, 0.4) is 0 Å². The zero-order valence-corrected chi connectivity index (χ0v) is 19.4. The van der Waals surface area contributed by atoms with Crippen molar-refractivity contribution in [2.24, 2.45) is 0 Å². The Kier molecular flexibility index (Phi) is 6.93. The number of hydrogen-bond acceptors (Lipinski definition) is 4. The summed E-state index contributed by atoms with van der Waals surface area (Å²) in [6.45, 7) is 9.44. The van der Waals surface area contributed by atoms with Gasteiger partial charge in [0, 0.05) is 12.5 Å². The Morgan fingerprint density at radius 1 is 1.25 bits per heavy atom. The van der Waals surface area contributed by atoms with Crippen molar-refractivity contribution >= 4 is 6.09 Å². The highest BCUT2D eigenvalue weighted by atomic mass is 19.2. The fourth-order valence-electron chi connectivity index (χ4n) is 4.33. The van der Waals surface area contributed by atoms with Gasteiger partial charge in [0.15, 0.2) is 11.6 Å². The van der Waals surface area contributed by atoms with Gasteiger partial charge >= 0.3 is 6.09 Å². The number of aliphatic hydroxyl groups is 1. The van der Waals surface area contributed by atoms with Crippen molar-refractivity contribution < 1.29 is 23.4 Å². The molecule has 1 amide bonds. The Labute approximate surface area is 188 Å². The van der Waals surface area contributed by atoms with Crippen molar-refractivity contribution in [2.45, 2.75) is 90.0 Å². The molecule has 0 aliphatic carbocycles. The molecule has 0 saturated carbocycles. The zero-order valence-electron chi connectivity index (χ0n) is 19.4. The number of imidazole rings is 1. The van der Waals surface area contributed by atoms with Crippen LogP contribution in [0, 0.1) is 11.6 Å². The van der Waals surface area contributed by atoms with E-state index in [1.807, 2.05) is 18.4 Å². The zero-order chi connectivity index (χ0) is 23.7. The maximum atomic E-state index is 14.6. The molecule has 2 atom stereocenters. The second-order valence-electron chi connectivity index (χ2n) is 9.47. The van der Waals surface area contributed by atoms with E-state index in [1.165, 1.54) is 6.07 Å². The van der Waals surface area contributed by atoms with Crippen LogP contribution in [0.4, 0.5) is 13.6 Å². The number of nitrogens with one attached hydrogen (secondary N) is 1. The van der Waals surface area contributed by atoms with E-state index < -0.39 is 35.0 Å². The fraction of sp³-hybridized carbons (Fsp3) is 0.583. The number of aromatic nitrogens is 2. The molecule has 0 bridgehead atoms. The Bertz CT molecular complexity index is 964. The van der Waals surface area contributed by atoms with Gasteiger partial charge in [-0.2, -0.15) is 0 Å². The van der Waals surface area contributed by atoms with Gasteiger partial charge in [0.05, 0.1) is 17.9 Å². The van der Waals surface area contributed by atoms with Gasteiger partial charge in [-0.05, 0) is 58.1 Å². The van der Waals surface area contributed by atoms with Crippen LogP contribution in [0.25, 0.3) is 0 Å². The average molecular weight is 450 g/mol. The van der Waals surface area contributed by atoms with E-state index in [1.54, 1.807) is 33.0 Å². The molecule has 1 aromatic heterocycles. The number of carbonyl (C=O) groups is 1. The van der Waals surface area contributed by atoms with Gasteiger partial charge < -0.3 is 19.7 Å².